The van der Waals surface area contributed by atoms with Gasteiger partial charge in [0, 0.05) is 19.3 Å². The lowest BCUT2D eigenvalue weighted by Crippen LogP contribution is -2.22. The number of ether oxygens (including phenoxy) is 1. The van der Waals surface area contributed by atoms with Gasteiger partial charge in [-0.1, -0.05) is 0 Å². The second kappa shape index (κ2) is 2.51. The van der Waals surface area contributed by atoms with Crippen LogP contribution in [0.25, 0.3) is 0 Å². The molecule has 2 fully saturated rings. The Morgan fingerprint density at radius 1 is 1.20 bits per heavy atom. The first kappa shape index (κ1) is 6.62. The summed E-state index contributed by atoms with van der Waals surface area (Å²) in [5.41, 5.74) is 0. The Kier molecular flexibility index (Phi) is 1.66. The summed E-state index contributed by atoms with van der Waals surface area (Å²) in [6, 6.07) is 0.777. The number of nitrogens with one attached hydrogen (secondary N) is 1. The Balaban J connectivity index is 1.94. The molecule has 0 amide bonds. The van der Waals surface area contributed by atoms with E-state index in [1.807, 2.05) is 0 Å². The summed E-state index contributed by atoms with van der Waals surface area (Å²) in [4.78, 5) is 0. The molecule has 58 valence electrons. The predicted octanol–water partition coefficient (Wildman–Crippen LogP) is 0.631. The van der Waals surface area contributed by atoms with Gasteiger partial charge in [0.1, 0.15) is 0 Å². The first-order valence-electron chi connectivity index (χ1n) is 4.15. The Morgan fingerprint density at radius 3 is 2.30 bits per heavy atom. The van der Waals surface area contributed by atoms with Gasteiger partial charge in [-0.15, -0.1) is 0 Å². The molecule has 0 radical (unpaired) electrons. The number of rotatable bonds is 1. The molecular formula is C8H15NO. The fourth-order valence-corrected chi connectivity index (χ4v) is 2.23. The van der Waals surface area contributed by atoms with Gasteiger partial charge in [-0.2, -0.15) is 0 Å². The van der Waals surface area contributed by atoms with Crippen LogP contribution in [0.3, 0.4) is 0 Å². The van der Waals surface area contributed by atoms with E-state index in [9.17, 15) is 0 Å². The summed E-state index contributed by atoms with van der Waals surface area (Å²) in [5, 5.41) is 3.34. The average molecular weight is 141 g/mol. The zero-order valence-corrected chi connectivity index (χ0v) is 6.47. The lowest BCUT2D eigenvalue weighted by atomic mass is 10.0. The second-order valence-electron chi connectivity index (χ2n) is 3.51. The summed E-state index contributed by atoms with van der Waals surface area (Å²) in [6.07, 6.45) is 2.67. The molecule has 1 saturated heterocycles. The molecule has 10 heavy (non-hydrogen) atoms. The zero-order valence-electron chi connectivity index (χ0n) is 6.47. The van der Waals surface area contributed by atoms with E-state index >= 15 is 0 Å². The molecule has 1 aliphatic carbocycles. The van der Waals surface area contributed by atoms with Crippen LogP contribution < -0.4 is 5.32 Å². The molecule has 0 bridgehead atoms. The van der Waals surface area contributed by atoms with Crippen molar-refractivity contribution >= 4 is 0 Å². The highest BCUT2D eigenvalue weighted by molar-refractivity contribution is 4.89. The van der Waals surface area contributed by atoms with Crippen molar-refractivity contribution < 1.29 is 4.74 Å². The highest BCUT2D eigenvalue weighted by Gasteiger charge is 2.37. The van der Waals surface area contributed by atoms with Crippen molar-refractivity contribution in [2.75, 3.05) is 20.3 Å². The third-order valence-electron chi connectivity index (χ3n) is 2.91. The SMILES string of the molecule is CNC1C[C@@H]2COC[C@H]2C1. The standard InChI is InChI=1S/C8H15NO/c1-9-8-2-6-4-10-5-7(6)3-8/h6-9H,2-5H2,1H3/t6-,7-/m1/s1. The van der Waals surface area contributed by atoms with Gasteiger partial charge in [-0.25, -0.2) is 0 Å². The number of fused-ring (bicyclic) bond motifs is 1. The summed E-state index contributed by atoms with van der Waals surface area (Å²) in [7, 11) is 2.06. The van der Waals surface area contributed by atoms with Gasteiger partial charge in [0.05, 0.1) is 0 Å². The van der Waals surface area contributed by atoms with Crippen LogP contribution in [0.1, 0.15) is 12.8 Å². The van der Waals surface area contributed by atoms with E-state index in [1.54, 1.807) is 0 Å². The van der Waals surface area contributed by atoms with Crippen molar-refractivity contribution in [2.45, 2.75) is 18.9 Å². The second-order valence-corrected chi connectivity index (χ2v) is 3.51. The molecule has 2 heteroatoms. The van der Waals surface area contributed by atoms with Crippen LogP contribution in [0.2, 0.25) is 0 Å². The molecule has 2 rings (SSSR count). The van der Waals surface area contributed by atoms with Gasteiger partial charge in [-0.3, -0.25) is 0 Å². The van der Waals surface area contributed by atoms with Crippen LogP contribution in [0.4, 0.5) is 0 Å². The zero-order chi connectivity index (χ0) is 6.97. The van der Waals surface area contributed by atoms with E-state index in [0.717, 1.165) is 31.1 Å². The van der Waals surface area contributed by atoms with Crippen molar-refractivity contribution in [3.05, 3.63) is 0 Å². The van der Waals surface area contributed by atoms with Gasteiger partial charge in [0.15, 0.2) is 0 Å². The third kappa shape index (κ3) is 0.956. The Bertz CT molecular complexity index is 114. The number of hydrogen-bond donors (Lipinski definition) is 1. The molecule has 0 aromatic rings. The minimum atomic E-state index is 0.777. The molecule has 0 aromatic heterocycles. The van der Waals surface area contributed by atoms with Gasteiger partial charge in [-0.05, 0) is 31.7 Å². The molecule has 0 unspecified atom stereocenters. The predicted molar refractivity (Wildman–Crippen MR) is 39.9 cm³/mol. The van der Waals surface area contributed by atoms with E-state index in [2.05, 4.69) is 12.4 Å². The van der Waals surface area contributed by atoms with Crippen molar-refractivity contribution in [1.82, 2.24) is 5.32 Å². The minimum Gasteiger partial charge on any atom is -0.381 e. The maximum absolute atomic E-state index is 5.38. The maximum atomic E-state index is 5.38. The molecule has 1 aliphatic heterocycles. The highest BCUT2D eigenvalue weighted by Crippen LogP contribution is 2.36. The molecule has 0 aromatic carbocycles. The quantitative estimate of drug-likeness (QED) is 0.578. The van der Waals surface area contributed by atoms with Crippen LogP contribution >= 0.6 is 0 Å². The summed E-state index contributed by atoms with van der Waals surface area (Å²) in [6.45, 7) is 2.03. The molecule has 0 spiro atoms. The Morgan fingerprint density at radius 2 is 1.80 bits per heavy atom. The summed E-state index contributed by atoms with van der Waals surface area (Å²) < 4.78 is 5.38. The van der Waals surface area contributed by atoms with E-state index in [0.29, 0.717) is 0 Å². The van der Waals surface area contributed by atoms with Crippen molar-refractivity contribution in [3.8, 4) is 0 Å². The van der Waals surface area contributed by atoms with Gasteiger partial charge in [0.25, 0.3) is 0 Å². The fourth-order valence-electron chi connectivity index (χ4n) is 2.23. The molecule has 2 nitrogen and oxygen atoms in total. The van der Waals surface area contributed by atoms with Gasteiger partial charge in [0.2, 0.25) is 0 Å². The monoisotopic (exact) mass is 141 g/mol. The van der Waals surface area contributed by atoms with Gasteiger partial charge < -0.3 is 10.1 Å². The van der Waals surface area contributed by atoms with Crippen molar-refractivity contribution in [1.29, 1.82) is 0 Å². The maximum Gasteiger partial charge on any atom is 0.0498 e. The lowest BCUT2D eigenvalue weighted by Gasteiger charge is -2.07. The van der Waals surface area contributed by atoms with Crippen LogP contribution in [0.5, 0.6) is 0 Å². The fraction of sp³-hybridized carbons (Fsp3) is 1.00. The largest absolute Gasteiger partial charge is 0.381 e. The molecular weight excluding hydrogens is 126 g/mol. The van der Waals surface area contributed by atoms with Crippen LogP contribution in [0.15, 0.2) is 0 Å². The smallest absolute Gasteiger partial charge is 0.0498 e. The van der Waals surface area contributed by atoms with Crippen molar-refractivity contribution in [3.63, 3.8) is 0 Å². The summed E-state index contributed by atoms with van der Waals surface area (Å²) in [5.74, 6) is 1.75. The van der Waals surface area contributed by atoms with E-state index in [4.69, 9.17) is 4.74 Å². The molecule has 1 heterocycles. The van der Waals surface area contributed by atoms with Crippen molar-refractivity contribution in [2.24, 2.45) is 11.8 Å². The normalized spacial score (nSPS) is 40.5. The van der Waals surface area contributed by atoms with E-state index < -0.39 is 0 Å². The Labute approximate surface area is 61.9 Å². The summed E-state index contributed by atoms with van der Waals surface area (Å²) >= 11 is 0. The van der Waals surface area contributed by atoms with Gasteiger partial charge >= 0.3 is 0 Å². The Hall–Kier alpha value is -0.0800. The van der Waals surface area contributed by atoms with Crippen LogP contribution in [-0.2, 0) is 4.74 Å². The lowest BCUT2D eigenvalue weighted by molar-refractivity contribution is 0.170. The van der Waals surface area contributed by atoms with Crippen LogP contribution in [0, 0.1) is 11.8 Å². The van der Waals surface area contributed by atoms with Crippen LogP contribution in [-0.4, -0.2) is 26.3 Å². The first-order valence-corrected chi connectivity index (χ1v) is 4.15. The highest BCUT2D eigenvalue weighted by atomic mass is 16.5. The number of hydrogen-bond acceptors (Lipinski definition) is 2. The average Bonchev–Trinajstić information content (AvgIpc) is 2.42. The van der Waals surface area contributed by atoms with E-state index in [-0.39, 0.29) is 0 Å². The first-order chi connectivity index (χ1) is 4.90. The minimum absolute atomic E-state index is 0.777. The topological polar surface area (TPSA) is 21.3 Å². The molecule has 1 saturated carbocycles. The molecule has 2 atom stereocenters. The van der Waals surface area contributed by atoms with E-state index in [1.165, 1.54) is 12.8 Å². The molecule has 1 N–H and O–H groups in total. The molecule has 2 aliphatic rings. The third-order valence-corrected chi connectivity index (χ3v) is 2.91.